The highest BCUT2D eigenvalue weighted by Gasteiger charge is 2.27. The molecule has 0 spiro atoms. The fourth-order valence-corrected chi connectivity index (χ4v) is 2.65. The van der Waals surface area contributed by atoms with E-state index in [1.807, 2.05) is 30.3 Å². The smallest absolute Gasteiger partial charge is 0.336 e. The van der Waals surface area contributed by atoms with E-state index >= 15 is 0 Å². The average molecular weight is 320 g/mol. The monoisotopic (exact) mass is 320 g/mol. The molecule has 2 rings (SSSR count). The Morgan fingerprint density at radius 1 is 1.09 bits per heavy atom. The first kappa shape index (κ1) is 16.9. The Labute approximate surface area is 133 Å². The van der Waals surface area contributed by atoms with Crippen molar-refractivity contribution in [3.8, 4) is 5.75 Å². The molecule has 0 heterocycles. The Morgan fingerprint density at radius 2 is 1.70 bits per heavy atom. The van der Waals surface area contributed by atoms with Gasteiger partial charge in [-0.15, -0.1) is 0 Å². The fraction of sp³-hybridized carbons (Fsp3) is 0.278. The normalized spacial score (nSPS) is 10.9. The van der Waals surface area contributed by atoms with Crippen LogP contribution in [0.5, 0.6) is 5.75 Å². The third-order valence-corrected chi connectivity index (χ3v) is 3.95. The van der Waals surface area contributed by atoms with Crippen molar-refractivity contribution in [1.82, 2.24) is 0 Å². The molecular weight excluding hydrogens is 302 g/mol. The molecule has 0 aliphatic rings. The molecule has 0 unspecified atom stereocenters. The van der Waals surface area contributed by atoms with Gasteiger partial charge in [0.1, 0.15) is 12.4 Å². The molecule has 0 radical (unpaired) electrons. The maximum atomic E-state index is 13.4. The number of carboxylic acids is 1. The minimum atomic E-state index is -2.88. The van der Waals surface area contributed by atoms with E-state index in [1.165, 1.54) is 13.8 Å². The van der Waals surface area contributed by atoms with Gasteiger partial charge in [0.25, 0.3) is 6.43 Å². The minimum absolute atomic E-state index is 0.177. The summed E-state index contributed by atoms with van der Waals surface area (Å²) < 4.78 is 32.5. The zero-order valence-electron chi connectivity index (χ0n) is 13.2. The van der Waals surface area contributed by atoms with E-state index in [1.54, 1.807) is 6.92 Å². The molecule has 23 heavy (non-hydrogen) atoms. The summed E-state index contributed by atoms with van der Waals surface area (Å²) in [5, 5.41) is 9.27. The Hall–Kier alpha value is -2.43. The summed E-state index contributed by atoms with van der Waals surface area (Å²) in [6.45, 7) is 4.92. The standard InChI is InChI=1S/C18H18F2O3/c1-10-11(2)16(23-9-13-7-5-4-6-8-13)12(3)14(17(19)20)15(10)18(21)22/h4-8,17H,9H2,1-3H3,(H,21,22). The van der Waals surface area contributed by atoms with E-state index in [9.17, 15) is 18.7 Å². The quantitative estimate of drug-likeness (QED) is 0.858. The molecule has 0 bridgehead atoms. The molecule has 1 N–H and O–H groups in total. The van der Waals surface area contributed by atoms with Crippen LogP contribution in [0.2, 0.25) is 0 Å². The molecule has 2 aromatic carbocycles. The van der Waals surface area contributed by atoms with Crippen molar-refractivity contribution in [3.63, 3.8) is 0 Å². The Kier molecular flexibility index (Phi) is 4.98. The molecular formula is C18H18F2O3. The molecule has 0 aromatic heterocycles. The van der Waals surface area contributed by atoms with Crippen molar-refractivity contribution in [3.05, 3.63) is 63.7 Å². The van der Waals surface area contributed by atoms with E-state index in [2.05, 4.69) is 0 Å². The van der Waals surface area contributed by atoms with Crippen LogP contribution in [-0.2, 0) is 6.61 Å². The fourth-order valence-electron chi connectivity index (χ4n) is 2.65. The van der Waals surface area contributed by atoms with Gasteiger partial charge in [0.15, 0.2) is 0 Å². The van der Waals surface area contributed by atoms with Crippen LogP contribution in [0.1, 0.15) is 44.6 Å². The van der Waals surface area contributed by atoms with Gasteiger partial charge in [-0.05, 0) is 37.5 Å². The summed E-state index contributed by atoms with van der Waals surface area (Å²) in [5.41, 5.74) is 1.16. The van der Waals surface area contributed by atoms with E-state index in [-0.39, 0.29) is 17.7 Å². The average Bonchev–Trinajstić information content (AvgIpc) is 2.50. The van der Waals surface area contributed by atoms with Gasteiger partial charge in [0, 0.05) is 11.1 Å². The number of alkyl halides is 2. The zero-order valence-corrected chi connectivity index (χ0v) is 13.2. The summed E-state index contributed by atoms with van der Waals surface area (Å²) >= 11 is 0. The molecule has 5 heteroatoms. The molecule has 0 amide bonds. The largest absolute Gasteiger partial charge is 0.488 e. The van der Waals surface area contributed by atoms with Crippen LogP contribution >= 0.6 is 0 Å². The molecule has 0 saturated heterocycles. The van der Waals surface area contributed by atoms with Crippen LogP contribution in [0.3, 0.4) is 0 Å². The van der Waals surface area contributed by atoms with Crippen LogP contribution < -0.4 is 4.74 Å². The Bertz CT molecular complexity index is 725. The molecule has 0 fully saturated rings. The predicted octanol–water partition coefficient (Wildman–Crippen LogP) is 4.83. The van der Waals surface area contributed by atoms with Gasteiger partial charge in [0.2, 0.25) is 0 Å². The van der Waals surface area contributed by atoms with Gasteiger partial charge in [-0.2, -0.15) is 0 Å². The van der Waals surface area contributed by atoms with Gasteiger partial charge in [0.05, 0.1) is 5.56 Å². The Balaban J connectivity index is 2.50. The summed E-state index contributed by atoms with van der Waals surface area (Å²) in [6.07, 6.45) is -2.88. The molecule has 3 nitrogen and oxygen atoms in total. The third-order valence-electron chi connectivity index (χ3n) is 3.95. The van der Waals surface area contributed by atoms with E-state index in [0.29, 0.717) is 16.9 Å². The SMILES string of the molecule is Cc1c(C)c(C(=O)O)c(C(F)F)c(C)c1OCc1ccccc1. The molecule has 122 valence electrons. The van der Waals surface area contributed by atoms with E-state index in [0.717, 1.165) is 5.56 Å². The highest BCUT2D eigenvalue weighted by molar-refractivity contribution is 5.93. The van der Waals surface area contributed by atoms with Crippen molar-refractivity contribution < 1.29 is 23.4 Å². The number of aromatic carboxylic acids is 1. The van der Waals surface area contributed by atoms with Crippen LogP contribution in [0.15, 0.2) is 30.3 Å². The predicted molar refractivity (Wildman–Crippen MR) is 83.3 cm³/mol. The van der Waals surface area contributed by atoms with Crippen LogP contribution in [-0.4, -0.2) is 11.1 Å². The van der Waals surface area contributed by atoms with Crippen molar-refractivity contribution in [2.45, 2.75) is 33.8 Å². The zero-order chi connectivity index (χ0) is 17.1. The lowest BCUT2D eigenvalue weighted by molar-refractivity contribution is 0.0683. The first-order valence-corrected chi connectivity index (χ1v) is 7.16. The van der Waals surface area contributed by atoms with Crippen LogP contribution in [0, 0.1) is 20.8 Å². The number of benzene rings is 2. The molecule has 2 aromatic rings. The maximum Gasteiger partial charge on any atom is 0.336 e. The van der Waals surface area contributed by atoms with Gasteiger partial charge in [-0.3, -0.25) is 0 Å². The first-order chi connectivity index (χ1) is 10.8. The van der Waals surface area contributed by atoms with Gasteiger partial charge in [-0.25, -0.2) is 13.6 Å². The van der Waals surface area contributed by atoms with Gasteiger partial charge < -0.3 is 9.84 Å². The van der Waals surface area contributed by atoms with Crippen LogP contribution in [0.25, 0.3) is 0 Å². The second-order valence-corrected chi connectivity index (χ2v) is 5.37. The highest BCUT2D eigenvalue weighted by atomic mass is 19.3. The minimum Gasteiger partial charge on any atom is -0.488 e. The van der Waals surface area contributed by atoms with Crippen molar-refractivity contribution in [2.24, 2.45) is 0 Å². The lowest BCUT2D eigenvalue weighted by Crippen LogP contribution is -2.12. The Morgan fingerprint density at radius 3 is 2.22 bits per heavy atom. The lowest BCUT2D eigenvalue weighted by Gasteiger charge is -2.20. The first-order valence-electron chi connectivity index (χ1n) is 7.16. The van der Waals surface area contributed by atoms with Crippen molar-refractivity contribution >= 4 is 5.97 Å². The number of hydrogen-bond donors (Lipinski definition) is 1. The molecule has 0 atom stereocenters. The number of carboxylic acid groups (broad SMARTS) is 1. The van der Waals surface area contributed by atoms with Crippen molar-refractivity contribution in [2.75, 3.05) is 0 Å². The number of carbonyl (C=O) groups is 1. The topological polar surface area (TPSA) is 46.5 Å². The summed E-state index contributed by atoms with van der Waals surface area (Å²) in [6, 6.07) is 9.35. The molecule has 0 aliphatic heterocycles. The lowest BCUT2D eigenvalue weighted by atomic mass is 9.92. The number of ether oxygens (including phenoxy) is 1. The van der Waals surface area contributed by atoms with Crippen molar-refractivity contribution in [1.29, 1.82) is 0 Å². The van der Waals surface area contributed by atoms with E-state index in [4.69, 9.17) is 4.74 Å². The number of hydrogen-bond acceptors (Lipinski definition) is 2. The number of rotatable bonds is 5. The van der Waals surface area contributed by atoms with Gasteiger partial charge >= 0.3 is 5.97 Å². The second-order valence-electron chi connectivity index (χ2n) is 5.37. The van der Waals surface area contributed by atoms with E-state index < -0.39 is 18.0 Å². The highest BCUT2D eigenvalue weighted by Crippen LogP contribution is 2.38. The summed E-state index contributed by atoms with van der Waals surface area (Å²) in [4.78, 5) is 11.4. The molecule has 0 aliphatic carbocycles. The third kappa shape index (κ3) is 3.33. The second kappa shape index (κ2) is 6.77. The summed E-state index contributed by atoms with van der Waals surface area (Å²) in [7, 11) is 0. The summed E-state index contributed by atoms with van der Waals surface area (Å²) in [5.74, 6) is -1.02. The number of halogens is 2. The van der Waals surface area contributed by atoms with Gasteiger partial charge in [-0.1, -0.05) is 30.3 Å². The maximum absolute atomic E-state index is 13.4. The molecule has 0 saturated carbocycles. The van der Waals surface area contributed by atoms with Crippen LogP contribution in [0.4, 0.5) is 8.78 Å².